The Labute approximate surface area is 81.5 Å². The molecule has 1 heteroatoms. The van der Waals surface area contributed by atoms with Crippen LogP contribution in [0.5, 0.6) is 0 Å². The standard InChI is InChI=1S/C12H20O/c1-9(2)7-10(3)12(5,6)8-11(4)13/h7H,1,8H2,2-6H3/b10-7+. The third-order valence-electron chi connectivity index (χ3n) is 2.22. The van der Waals surface area contributed by atoms with Crippen molar-refractivity contribution in [3.05, 3.63) is 23.8 Å². The highest BCUT2D eigenvalue weighted by Gasteiger charge is 2.21. The molecule has 0 heterocycles. The van der Waals surface area contributed by atoms with E-state index in [0.29, 0.717) is 6.42 Å². The van der Waals surface area contributed by atoms with E-state index >= 15 is 0 Å². The first-order valence-electron chi connectivity index (χ1n) is 4.59. The smallest absolute Gasteiger partial charge is 0.130 e. The molecule has 0 radical (unpaired) electrons. The number of carbonyl (C=O) groups excluding carboxylic acids is 1. The predicted molar refractivity (Wildman–Crippen MR) is 57.7 cm³/mol. The van der Waals surface area contributed by atoms with Gasteiger partial charge in [-0.15, -0.1) is 0 Å². The molecule has 0 unspecified atom stereocenters. The van der Waals surface area contributed by atoms with Gasteiger partial charge in [-0.1, -0.05) is 37.6 Å². The SMILES string of the molecule is C=C(C)/C=C(\C)C(C)(C)CC(C)=O. The van der Waals surface area contributed by atoms with E-state index in [9.17, 15) is 4.79 Å². The van der Waals surface area contributed by atoms with Gasteiger partial charge in [-0.3, -0.25) is 4.79 Å². The predicted octanol–water partition coefficient (Wildman–Crippen LogP) is 3.51. The molecule has 74 valence electrons. The molecule has 0 N–H and O–H groups in total. The van der Waals surface area contributed by atoms with Crippen LogP contribution < -0.4 is 0 Å². The topological polar surface area (TPSA) is 17.1 Å². The molecule has 0 aliphatic rings. The Kier molecular flexibility index (Phi) is 4.12. The first-order chi connectivity index (χ1) is 5.75. The molecule has 0 aliphatic carbocycles. The maximum Gasteiger partial charge on any atom is 0.130 e. The molecule has 0 aromatic heterocycles. The fourth-order valence-electron chi connectivity index (χ4n) is 1.33. The van der Waals surface area contributed by atoms with Gasteiger partial charge in [0.05, 0.1) is 0 Å². The molecule has 1 nitrogen and oxygen atoms in total. The Balaban J connectivity index is 4.62. The van der Waals surface area contributed by atoms with Crippen LogP contribution in [0.2, 0.25) is 0 Å². The second-order valence-electron chi connectivity index (χ2n) is 4.44. The minimum Gasteiger partial charge on any atom is -0.300 e. The molecule has 0 atom stereocenters. The summed E-state index contributed by atoms with van der Waals surface area (Å²) in [6.07, 6.45) is 2.64. The van der Waals surface area contributed by atoms with Crippen LogP contribution in [0.4, 0.5) is 0 Å². The van der Waals surface area contributed by atoms with Gasteiger partial charge < -0.3 is 0 Å². The highest BCUT2D eigenvalue weighted by atomic mass is 16.1. The Morgan fingerprint density at radius 3 is 2.08 bits per heavy atom. The third-order valence-corrected chi connectivity index (χ3v) is 2.22. The Hall–Kier alpha value is -0.850. The molecule has 0 aromatic carbocycles. The van der Waals surface area contributed by atoms with Crippen LogP contribution in [-0.2, 0) is 4.79 Å². The lowest BCUT2D eigenvalue weighted by Crippen LogP contribution is -2.16. The molecule has 0 aromatic rings. The second kappa shape index (κ2) is 4.40. The second-order valence-corrected chi connectivity index (χ2v) is 4.44. The lowest BCUT2D eigenvalue weighted by atomic mass is 9.80. The molecule has 0 amide bonds. The monoisotopic (exact) mass is 180 g/mol. The summed E-state index contributed by atoms with van der Waals surface area (Å²) in [6.45, 7) is 13.7. The minimum absolute atomic E-state index is 0.0369. The molecule has 0 saturated heterocycles. The quantitative estimate of drug-likeness (QED) is 0.605. The van der Waals surface area contributed by atoms with E-state index in [1.165, 1.54) is 5.57 Å². The summed E-state index contributed by atoms with van der Waals surface area (Å²) in [5.41, 5.74) is 2.22. The summed E-state index contributed by atoms with van der Waals surface area (Å²) in [7, 11) is 0. The van der Waals surface area contributed by atoms with Gasteiger partial charge in [0.2, 0.25) is 0 Å². The molecular formula is C12H20O. The van der Waals surface area contributed by atoms with Crippen molar-refractivity contribution in [2.45, 2.75) is 41.0 Å². The van der Waals surface area contributed by atoms with Crippen molar-refractivity contribution in [2.24, 2.45) is 5.41 Å². The molecule has 0 fully saturated rings. The highest BCUT2D eigenvalue weighted by Crippen LogP contribution is 2.30. The van der Waals surface area contributed by atoms with Gasteiger partial charge in [-0.25, -0.2) is 0 Å². The van der Waals surface area contributed by atoms with E-state index in [-0.39, 0.29) is 11.2 Å². The number of allylic oxidation sites excluding steroid dienone is 3. The number of carbonyl (C=O) groups is 1. The summed E-state index contributed by atoms with van der Waals surface area (Å²) in [6, 6.07) is 0. The average Bonchev–Trinajstić information content (AvgIpc) is 1.81. The lowest BCUT2D eigenvalue weighted by molar-refractivity contribution is -0.118. The van der Waals surface area contributed by atoms with Gasteiger partial charge in [0.15, 0.2) is 0 Å². The third kappa shape index (κ3) is 4.66. The van der Waals surface area contributed by atoms with Crippen LogP contribution in [0.1, 0.15) is 41.0 Å². The van der Waals surface area contributed by atoms with Gasteiger partial charge in [-0.05, 0) is 26.2 Å². The van der Waals surface area contributed by atoms with Crippen LogP contribution in [0, 0.1) is 5.41 Å². The molecule has 13 heavy (non-hydrogen) atoms. The van der Waals surface area contributed by atoms with Crippen LogP contribution >= 0.6 is 0 Å². The Bertz CT molecular complexity index is 244. The maximum absolute atomic E-state index is 11.0. The first-order valence-corrected chi connectivity index (χ1v) is 4.59. The summed E-state index contributed by atoms with van der Waals surface area (Å²) in [5.74, 6) is 0.236. The van der Waals surface area contributed by atoms with Crippen molar-refractivity contribution in [3.8, 4) is 0 Å². The Morgan fingerprint density at radius 1 is 1.31 bits per heavy atom. The number of hydrogen-bond donors (Lipinski definition) is 0. The van der Waals surface area contributed by atoms with E-state index in [0.717, 1.165) is 5.57 Å². The zero-order valence-corrected chi connectivity index (χ0v) is 9.40. The number of rotatable bonds is 4. The van der Waals surface area contributed by atoms with Crippen molar-refractivity contribution < 1.29 is 4.79 Å². The molecule has 0 saturated carbocycles. The highest BCUT2D eigenvalue weighted by molar-refractivity contribution is 5.76. The van der Waals surface area contributed by atoms with Crippen molar-refractivity contribution in [1.82, 2.24) is 0 Å². The van der Waals surface area contributed by atoms with Crippen LogP contribution in [-0.4, -0.2) is 5.78 Å². The molecular weight excluding hydrogens is 160 g/mol. The van der Waals surface area contributed by atoms with Crippen molar-refractivity contribution >= 4 is 5.78 Å². The van der Waals surface area contributed by atoms with Crippen molar-refractivity contribution in [3.63, 3.8) is 0 Å². The van der Waals surface area contributed by atoms with Gasteiger partial charge >= 0.3 is 0 Å². The van der Waals surface area contributed by atoms with E-state index in [1.807, 2.05) is 13.0 Å². The van der Waals surface area contributed by atoms with Gasteiger partial charge in [0.1, 0.15) is 5.78 Å². The zero-order valence-electron chi connectivity index (χ0n) is 9.40. The van der Waals surface area contributed by atoms with Gasteiger partial charge in [-0.2, -0.15) is 0 Å². The number of Topliss-reactive ketones (excluding diaryl/α,β-unsaturated/α-hetero) is 1. The summed E-state index contributed by atoms with van der Waals surface area (Å²) in [4.78, 5) is 11.0. The average molecular weight is 180 g/mol. The van der Waals surface area contributed by atoms with Crippen LogP contribution in [0.3, 0.4) is 0 Å². The minimum atomic E-state index is -0.0369. The van der Waals surface area contributed by atoms with Crippen molar-refractivity contribution in [2.75, 3.05) is 0 Å². The molecule has 0 spiro atoms. The molecule has 0 bridgehead atoms. The summed E-state index contributed by atoms with van der Waals surface area (Å²) < 4.78 is 0. The summed E-state index contributed by atoms with van der Waals surface area (Å²) >= 11 is 0. The van der Waals surface area contributed by atoms with Gasteiger partial charge in [0.25, 0.3) is 0 Å². The van der Waals surface area contributed by atoms with Crippen LogP contribution in [0.25, 0.3) is 0 Å². The Morgan fingerprint density at radius 2 is 1.77 bits per heavy atom. The van der Waals surface area contributed by atoms with Crippen LogP contribution in [0.15, 0.2) is 23.8 Å². The first kappa shape index (κ1) is 12.2. The normalized spacial score (nSPS) is 12.8. The van der Waals surface area contributed by atoms with E-state index < -0.39 is 0 Å². The van der Waals surface area contributed by atoms with E-state index in [4.69, 9.17) is 0 Å². The lowest BCUT2D eigenvalue weighted by Gasteiger charge is -2.24. The largest absolute Gasteiger partial charge is 0.300 e. The zero-order chi connectivity index (χ0) is 10.6. The summed E-state index contributed by atoms with van der Waals surface area (Å²) in [5, 5.41) is 0. The fraction of sp³-hybridized carbons (Fsp3) is 0.583. The maximum atomic E-state index is 11.0. The molecule has 0 rings (SSSR count). The van der Waals surface area contributed by atoms with Crippen molar-refractivity contribution in [1.29, 1.82) is 0 Å². The van der Waals surface area contributed by atoms with Gasteiger partial charge in [0, 0.05) is 6.42 Å². The number of ketones is 1. The fourth-order valence-corrected chi connectivity index (χ4v) is 1.33. The number of hydrogen-bond acceptors (Lipinski definition) is 1. The van der Waals surface area contributed by atoms with E-state index in [2.05, 4.69) is 27.4 Å². The van der Waals surface area contributed by atoms with E-state index in [1.54, 1.807) is 6.92 Å². The molecule has 0 aliphatic heterocycles.